The van der Waals surface area contributed by atoms with Gasteiger partial charge >= 0.3 is 0 Å². The van der Waals surface area contributed by atoms with Crippen molar-refractivity contribution >= 4 is 44.3 Å². The minimum absolute atomic E-state index is 0.000328. The molecule has 1 aliphatic rings. The summed E-state index contributed by atoms with van der Waals surface area (Å²) in [6, 6.07) is 12.0. The molecule has 1 unspecified atom stereocenters. The number of hydrogen-bond acceptors (Lipinski definition) is 6. The van der Waals surface area contributed by atoms with E-state index in [-0.39, 0.29) is 24.0 Å². The van der Waals surface area contributed by atoms with Crippen molar-refractivity contribution in [1.82, 2.24) is 19.8 Å². The van der Waals surface area contributed by atoms with Gasteiger partial charge in [0.1, 0.15) is 9.71 Å². The van der Waals surface area contributed by atoms with Crippen LogP contribution >= 0.6 is 11.3 Å². The third kappa shape index (κ3) is 4.24. The highest BCUT2D eigenvalue weighted by Gasteiger charge is 2.30. The monoisotopic (exact) mass is 476 g/mol. The van der Waals surface area contributed by atoms with Gasteiger partial charge in [-0.1, -0.05) is 24.3 Å². The van der Waals surface area contributed by atoms with E-state index < -0.39 is 0 Å². The van der Waals surface area contributed by atoms with Crippen molar-refractivity contribution in [3.05, 3.63) is 64.8 Å². The van der Waals surface area contributed by atoms with E-state index in [1.807, 2.05) is 50.4 Å². The van der Waals surface area contributed by atoms with Crippen molar-refractivity contribution < 1.29 is 14.3 Å². The summed E-state index contributed by atoms with van der Waals surface area (Å²) in [6.45, 7) is 8.21. The summed E-state index contributed by atoms with van der Waals surface area (Å²) < 4.78 is 7.94. The number of para-hydroxylation sites is 1. The van der Waals surface area contributed by atoms with Gasteiger partial charge in [0, 0.05) is 61.3 Å². The number of morpholine rings is 1. The maximum atomic E-state index is 13.0. The Morgan fingerprint density at radius 1 is 1.21 bits per heavy atom. The van der Waals surface area contributed by atoms with Crippen LogP contribution in [0, 0.1) is 0 Å². The zero-order valence-electron chi connectivity index (χ0n) is 19.6. The highest BCUT2D eigenvalue weighted by atomic mass is 32.1. The number of pyridine rings is 1. The fourth-order valence-corrected chi connectivity index (χ4v) is 5.76. The second kappa shape index (κ2) is 9.29. The van der Waals surface area contributed by atoms with Crippen LogP contribution in [0.4, 0.5) is 0 Å². The van der Waals surface area contributed by atoms with Crippen LogP contribution in [0.1, 0.15) is 52.5 Å². The van der Waals surface area contributed by atoms with Crippen molar-refractivity contribution in [2.45, 2.75) is 39.5 Å². The van der Waals surface area contributed by atoms with Crippen LogP contribution in [-0.4, -0.2) is 52.0 Å². The largest absolute Gasteiger partial charge is 0.371 e. The van der Waals surface area contributed by atoms with E-state index in [9.17, 15) is 9.59 Å². The van der Waals surface area contributed by atoms with E-state index in [0.717, 1.165) is 38.8 Å². The first-order chi connectivity index (χ1) is 16.4. The lowest BCUT2D eigenvalue weighted by Gasteiger charge is -2.33. The lowest BCUT2D eigenvalue weighted by molar-refractivity contribution is -0.0322. The maximum absolute atomic E-state index is 13.0. The summed E-state index contributed by atoms with van der Waals surface area (Å²) in [4.78, 5) is 33.5. The Morgan fingerprint density at radius 3 is 2.79 bits per heavy atom. The molecule has 1 aliphatic heterocycles. The molecule has 1 amide bonds. The van der Waals surface area contributed by atoms with Crippen LogP contribution in [0.5, 0.6) is 0 Å². The number of benzene rings is 1. The summed E-state index contributed by atoms with van der Waals surface area (Å²) in [7, 11) is 0. The van der Waals surface area contributed by atoms with Crippen LogP contribution in [0.25, 0.3) is 21.1 Å². The lowest BCUT2D eigenvalue weighted by atomic mass is 10.0. The first kappa shape index (κ1) is 22.7. The summed E-state index contributed by atoms with van der Waals surface area (Å²) >= 11 is 1.42. The highest BCUT2D eigenvalue weighted by molar-refractivity contribution is 7.20. The number of amides is 1. The summed E-state index contributed by atoms with van der Waals surface area (Å²) in [5.41, 5.74) is 2.96. The molecule has 4 aromatic rings. The van der Waals surface area contributed by atoms with Gasteiger partial charge in [-0.05, 0) is 31.5 Å². The second-order valence-electron chi connectivity index (χ2n) is 8.98. The van der Waals surface area contributed by atoms with Crippen molar-refractivity contribution in [2.24, 2.45) is 0 Å². The Balaban J connectivity index is 1.46. The SMILES string of the molecule is CC(=O)n1cc(CN2CCOC(c3c(C(=O)NC(C)C)sc4ncccc34)C2)c2ccccc21. The average molecular weight is 477 g/mol. The third-order valence-corrected chi connectivity index (χ3v) is 7.26. The molecule has 0 spiro atoms. The standard InChI is InChI=1S/C26H28N4O3S/c1-16(2)28-25(32)24-23(20-8-6-10-27-26(20)34-24)22-15-29(11-12-33-22)13-18-14-30(17(3)31)21-9-5-4-7-19(18)21/h4-10,14,16,22H,11-13,15H2,1-3H3,(H,28,32). The molecule has 34 heavy (non-hydrogen) atoms. The molecule has 1 N–H and O–H groups in total. The second-order valence-corrected chi connectivity index (χ2v) is 9.98. The molecule has 3 aromatic heterocycles. The Labute approximate surface area is 202 Å². The van der Waals surface area contributed by atoms with E-state index >= 15 is 0 Å². The predicted molar refractivity (Wildman–Crippen MR) is 134 cm³/mol. The number of thiophene rings is 1. The number of ether oxygens (including phenoxy) is 1. The first-order valence-corrected chi connectivity index (χ1v) is 12.4. The van der Waals surface area contributed by atoms with E-state index in [0.29, 0.717) is 24.6 Å². The maximum Gasteiger partial charge on any atom is 0.262 e. The lowest BCUT2D eigenvalue weighted by Crippen LogP contribution is -2.38. The van der Waals surface area contributed by atoms with Gasteiger partial charge in [0.2, 0.25) is 5.91 Å². The molecule has 0 saturated carbocycles. The topological polar surface area (TPSA) is 76.5 Å². The van der Waals surface area contributed by atoms with Gasteiger partial charge in [-0.15, -0.1) is 11.3 Å². The molecule has 7 nitrogen and oxygen atoms in total. The molecular formula is C26H28N4O3S. The van der Waals surface area contributed by atoms with Crippen molar-refractivity contribution in [3.8, 4) is 0 Å². The summed E-state index contributed by atoms with van der Waals surface area (Å²) in [5, 5.41) is 5.08. The van der Waals surface area contributed by atoms with Crippen molar-refractivity contribution in [1.29, 1.82) is 0 Å². The van der Waals surface area contributed by atoms with Gasteiger partial charge in [0.05, 0.1) is 18.2 Å². The molecule has 1 fully saturated rings. The number of carbonyl (C=O) groups excluding carboxylic acids is 2. The van der Waals surface area contributed by atoms with Gasteiger partial charge in [0.15, 0.2) is 0 Å². The number of nitrogens with zero attached hydrogens (tertiary/aromatic N) is 3. The Morgan fingerprint density at radius 2 is 2.00 bits per heavy atom. The number of fused-ring (bicyclic) bond motifs is 2. The number of aromatic nitrogens is 2. The van der Waals surface area contributed by atoms with Gasteiger partial charge in [-0.25, -0.2) is 4.98 Å². The van der Waals surface area contributed by atoms with Crippen LogP contribution in [0.2, 0.25) is 0 Å². The van der Waals surface area contributed by atoms with Crippen LogP contribution in [-0.2, 0) is 11.3 Å². The van der Waals surface area contributed by atoms with Crippen LogP contribution < -0.4 is 5.32 Å². The fraction of sp³-hybridized carbons (Fsp3) is 0.346. The average Bonchev–Trinajstić information content (AvgIpc) is 3.38. The van der Waals surface area contributed by atoms with E-state index in [1.165, 1.54) is 11.3 Å². The summed E-state index contributed by atoms with van der Waals surface area (Å²) in [5.74, 6) is -0.0846. The normalized spacial score (nSPS) is 17.0. The first-order valence-electron chi connectivity index (χ1n) is 11.5. The van der Waals surface area contributed by atoms with E-state index in [4.69, 9.17) is 4.74 Å². The van der Waals surface area contributed by atoms with Crippen molar-refractivity contribution in [2.75, 3.05) is 19.7 Å². The molecule has 0 bridgehead atoms. The molecule has 5 rings (SSSR count). The van der Waals surface area contributed by atoms with Gasteiger partial charge in [-0.3, -0.25) is 19.1 Å². The third-order valence-electron chi connectivity index (χ3n) is 6.13. The Bertz CT molecular complexity index is 1370. The molecule has 8 heteroatoms. The summed E-state index contributed by atoms with van der Waals surface area (Å²) in [6.07, 6.45) is 3.47. The smallest absolute Gasteiger partial charge is 0.262 e. The van der Waals surface area contributed by atoms with Gasteiger partial charge < -0.3 is 10.1 Å². The molecule has 0 aliphatic carbocycles. The molecule has 1 saturated heterocycles. The number of hydrogen-bond donors (Lipinski definition) is 1. The highest BCUT2D eigenvalue weighted by Crippen LogP contribution is 2.37. The Hall–Kier alpha value is -3.07. The van der Waals surface area contributed by atoms with Crippen LogP contribution in [0.3, 0.4) is 0 Å². The van der Waals surface area contributed by atoms with E-state index in [2.05, 4.69) is 21.3 Å². The zero-order chi connectivity index (χ0) is 23.8. The van der Waals surface area contributed by atoms with Gasteiger partial charge in [-0.2, -0.15) is 0 Å². The molecule has 4 heterocycles. The number of rotatable bonds is 5. The number of carbonyl (C=O) groups is 2. The molecular weight excluding hydrogens is 448 g/mol. The minimum Gasteiger partial charge on any atom is -0.371 e. The quantitative estimate of drug-likeness (QED) is 0.455. The zero-order valence-corrected chi connectivity index (χ0v) is 20.4. The molecule has 0 radical (unpaired) electrons. The van der Waals surface area contributed by atoms with E-state index in [1.54, 1.807) is 17.7 Å². The van der Waals surface area contributed by atoms with Crippen LogP contribution in [0.15, 0.2) is 48.8 Å². The molecule has 1 atom stereocenters. The Kier molecular flexibility index (Phi) is 6.20. The predicted octanol–water partition coefficient (Wildman–Crippen LogP) is 4.62. The minimum atomic E-state index is -0.235. The van der Waals surface area contributed by atoms with Gasteiger partial charge in [0.25, 0.3) is 5.91 Å². The van der Waals surface area contributed by atoms with Crippen molar-refractivity contribution in [3.63, 3.8) is 0 Å². The molecule has 176 valence electrons. The molecule has 1 aromatic carbocycles. The number of nitrogens with one attached hydrogen (secondary N) is 1. The fourth-order valence-electron chi connectivity index (χ4n) is 4.67.